The molecular weight excluding hydrogens is 447 g/mol. The van der Waals surface area contributed by atoms with Gasteiger partial charge in [-0.1, -0.05) is 93.8 Å². The molecule has 0 fully saturated rings. The first kappa shape index (κ1) is 28.6. The van der Waals surface area contributed by atoms with Gasteiger partial charge in [0.05, 0.1) is 16.7 Å². The number of halogens is 2. The number of rotatable bonds is 18. The molecule has 0 unspecified atom stereocenters. The lowest BCUT2D eigenvalue weighted by molar-refractivity contribution is -0.143. The average Bonchev–Trinajstić information content (AvgIpc) is 2.76. The summed E-state index contributed by atoms with van der Waals surface area (Å²) in [7, 11) is 0. The van der Waals surface area contributed by atoms with Crippen LogP contribution in [0.4, 0.5) is 10.5 Å². The minimum absolute atomic E-state index is 0.0610. The maximum absolute atomic E-state index is 11.9. The van der Waals surface area contributed by atoms with Crippen LogP contribution in [0.1, 0.15) is 96.8 Å². The standard InChI is InChI=1S/C25H40Cl2N2O3/c1-2-32-24(30)16-14-12-10-8-6-4-3-5-7-9-11-13-15-19-28-25(31)29-21-17-18-22(26)23(27)20-21/h17-18,20H,2-16,19H2,1H3,(H2,28,29,31). The third kappa shape index (κ3) is 15.4. The number of carbonyl (C=O) groups excluding carboxylic acids is 2. The van der Waals surface area contributed by atoms with Crippen LogP contribution in [0.5, 0.6) is 0 Å². The number of benzene rings is 1. The van der Waals surface area contributed by atoms with Gasteiger partial charge in [0.2, 0.25) is 0 Å². The zero-order chi connectivity index (χ0) is 23.4. The largest absolute Gasteiger partial charge is 0.466 e. The Hall–Kier alpha value is -1.46. The minimum Gasteiger partial charge on any atom is -0.466 e. The van der Waals surface area contributed by atoms with Crippen molar-refractivity contribution in [2.45, 2.75) is 96.8 Å². The van der Waals surface area contributed by atoms with Gasteiger partial charge in [0.25, 0.3) is 0 Å². The van der Waals surface area contributed by atoms with E-state index in [-0.39, 0.29) is 12.0 Å². The van der Waals surface area contributed by atoms with Gasteiger partial charge in [-0.2, -0.15) is 0 Å². The average molecular weight is 488 g/mol. The van der Waals surface area contributed by atoms with Gasteiger partial charge >= 0.3 is 12.0 Å². The van der Waals surface area contributed by atoms with Crippen molar-refractivity contribution in [2.75, 3.05) is 18.5 Å². The fourth-order valence-electron chi connectivity index (χ4n) is 3.52. The number of hydrogen-bond donors (Lipinski definition) is 2. The first-order chi connectivity index (χ1) is 15.5. The summed E-state index contributed by atoms with van der Waals surface area (Å²) in [5.74, 6) is -0.0610. The first-order valence-electron chi connectivity index (χ1n) is 12.2. The van der Waals surface area contributed by atoms with E-state index in [0.29, 0.717) is 35.3 Å². The molecule has 0 atom stereocenters. The molecule has 2 amide bonds. The maximum atomic E-state index is 11.9. The molecule has 32 heavy (non-hydrogen) atoms. The van der Waals surface area contributed by atoms with Crippen LogP contribution in [-0.2, 0) is 9.53 Å². The van der Waals surface area contributed by atoms with Gasteiger partial charge < -0.3 is 15.4 Å². The summed E-state index contributed by atoms with van der Waals surface area (Å²) in [6.07, 6.45) is 16.3. The normalized spacial score (nSPS) is 10.7. The van der Waals surface area contributed by atoms with E-state index in [9.17, 15) is 9.59 Å². The lowest BCUT2D eigenvalue weighted by Gasteiger charge is -2.08. The lowest BCUT2D eigenvalue weighted by atomic mass is 10.0. The summed E-state index contributed by atoms with van der Waals surface area (Å²) < 4.78 is 4.93. The van der Waals surface area contributed by atoms with Crippen molar-refractivity contribution in [3.63, 3.8) is 0 Å². The van der Waals surface area contributed by atoms with E-state index in [1.165, 1.54) is 57.8 Å². The SMILES string of the molecule is CCOC(=O)CCCCCCCCCCCCCCCNC(=O)Nc1ccc(Cl)c(Cl)c1. The van der Waals surface area contributed by atoms with E-state index >= 15 is 0 Å². The van der Waals surface area contributed by atoms with Crippen molar-refractivity contribution in [1.29, 1.82) is 0 Å². The first-order valence-corrected chi connectivity index (χ1v) is 12.9. The Morgan fingerprint density at radius 1 is 0.781 bits per heavy atom. The number of urea groups is 1. The third-order valence-electron chi connectivity index (χ3n) is 5.33. The highest BCUT2D eigenvalue weighted by Gasteiger charge is 2.04. The van der Waals surface area contributed by atoms with Crippen molar-refractivity contribution in [3.05, 3.63) is 28.2 Å². The number of unbranched alkanes of at least 4 members (excludes halogenated alkanes) is 12. The van der Waals surface area contributed by atoms with E-state index in [0.717, 1.165) is 25.7 Å². The molecule has 0 radical (unpaired) electrons. The van der Waals surface area contributed by atoms with Gasteiger partial charge in [0.1, 0.15) is 0 Å². The fraction of sp³-hybridized carbons (Fsp3) is 0.680. The lowest BCUT2D eigenvalue weighted by Crippen LogP contribution is -2.29. The van der Waals surface area contributed by atoms with E-state index in [1.807, 2.05) is 6.92 Å². The molecule has 0 spiro atoms. The van der Waals surface area contributed by atoms with Crippen LogP contribution >= 0.6 is 23.2 Å². The molecule has 0 aliphatic heterocycles. The Morgan fingerprint density at radius 3 is 1.84 bits per heavy atom. The van der Waals surface area contributed by atoms with Gasteiger partial charge in [-0.05, 0) is 38.0 Å². The molecule has 0 heterocycles. The molecule has 1 aromatic carbocycles. The summed E-state index contributed by atoms with van der Waals surface area (Å²) >= 11 is 11.8. The van der Waals surface area contributed by atoms with Gasteiger partial charge in [0.15, 0.2) is 0 Å². The monoisotopic (exact) mass is 486 g/mol. The molecule has 1 rings (SSSR count). The van der Waals surface area contributed by atoms with Crippen molar-refractivity contribution >= 4 is 40.9 Å². The van der Waals surface area contributed by atoms with Crippen LogP contribution in [0.2, 0.25) is 10.0 Å². The van der Waals surface area contributed by atoms with Gasteiger partial charge in [-0.15, -0.1) is 0 Å². The van der Waals surface area contributed by atoms with E-state index in [2.05, 4.69) is 10.6 Å². The van der Waals surface area contributed by atoms with Crippen LogP contribution in [-0.4, -0.2) is 25.2 Å². The van der Waals surface area contributed by atoms with Crippen molar-refractivity contribution < 1.29 is 14.3 Å². The molecule has 1 aromatic rings. The van der Waals surface area contributed by atoms with Crippen molar-refractivity contribution in [1.82, 2.24) is 5.32 Å². The van der Waals surface area contributed by atoms with Crippen LogP contribution in [0, 0.1) is 0 Å². The number of nitrogens with one attached hydrogen (secondary N) is 2. The molecule has 2 N–H and O–H groups in total. The smallest absolute Gasteiger partial charge is 0.319 e. The Bertz CT molecular complexity index is 656. The van der Waals surface area contributed by atoms with Crippen LogP contribution in [0.25, 0.3) is 0 Å². The predicted molar refractivity (Wildman–Crippen MR) is 135 cm³/mol. The summed E-state index contributed by atoms with van der Waals surface area (Å²) in [4.78, 5) is 23.1. The number of esters is 1. The molecule has 0 aliphatic carbocycles. The van der Waals surface area contributed by atoms with Crippen LogP contribution in [0.15, 0.2) is 18.2 Å². The third-order valence-corrected chi connectivity index (χ3v) is 6.07. The topological polar surface area (TPSA) is 67.4 Å². The van der Waals surface area contributed by atoms with E-state index < -0.39 is 0 Å². The molecule has 7 heteroatoms. The number of amides is 2. The Labute approximate surface area is 204 Å². The number of anilines is 1. The van der Waals surface area contributed by atoms with Gasteiger partial charge in [0, 0.05) is 18.7 Å². The molecular formula is C25H40Cl2N2O3. The van der Waals surface area contributed by atoms with Gasteiger partial charge in [-0.25, -0.2) is 4.79 Å². The fourth-order valence-corrected chi connectivity index (χ4v) is 3.82. The number of hydrogen-bond acceptors (Lipinski definition) is 3. The highest BCUT2D eigenvalue weighted by atomic mass is 35.5. The molecule has 0 aliphatic rings. The second-order valence-corrected chi connectivity index (χ2v) is 8.98. The zero-order valence-electron chi connectivity index (χ0n) is 19.5. The molecule has 0 saturated carbocycles. The molecule has 0 saturated heterocycles. The zero-order valence-corrected chi connectivity index (χ0v) is 21.0. The van der Waals surface area contributed by atoms with E-state index in [4.69, 9.17) is 27.9 Å². The Morgan fingerprint density at radius 2 is 1.31 bits per heavy atom. The number of carbonyl (C=O) groups is 2. The summed E-state index contributed by atoms with van der Waals surface area (Å²) in [5.41, 5.74) is 0.630. The summed E-state index contributed by atoms with van der Waals surface area (Å²) in [5, 5.41) is 6.52. The Balaban J connectivity index is 1.82. The molecule has 0 bridgehead atoms. The minimum atomic E-state index is -0.220. The summed E-state index contributed by atoms with van der Waals surface area (Å²) in [6.45, 7) is 3.00. The molecule has 5 nitrogen and oxygen atoms in total. The molecule has 0 aromatic heterocycles. The van der Waals surface area contributed by atoms with Crippen molar-refractivity contribution in [3.8, 4) is 0 Å². The van der Waals surface area contributed by atoms with Gasteiger partial charge in [-0.3, -0.25) is 4.79 Å². The predicted octanol–water partition coefficient (Wildman–Crippen LogP) is 8.14. The molecule has 182 valence electrons. The summed E-state index contributed by atoms with van der Waals surface area (Å²) in [6, 6.07) is 4.80. The Kier molecular flexibility index (Phi) is 17.0. The quantitative estimate of drug-likeness (QED) is 0.162. The van der Waals surface area contributed by atoms with E-state index in [1.54, 1.807) is 18.2 Å². The second-order valence-electron chi connectivity index (χ2n) is 8.16. The highest BCUT2D eigenvalue weighted by Crippen LogP contribution is 2.24. The highest BCUT2D eigenvalue weighted by molar-refractivity contribution is 6.42. The van der Waals surface area contributed by atoms with Crippen LogP contribution in [0.3, 0.4) is 0 Å². The van der Waals surface area contributed by atoms with Crippen molar-refractivity contribution in [2.24, 2.45) is 0 Å². The maximum Gasteiger partial charge on any atom is 0.319 e. The second kappa shape index (κ2) is 19.0. The van der Waals surface area contributed by atoms with Crippen LogP contribution < -0.4 is 10.6 Å². The number of ether oxygens (including phenoxy) is 1.